The standard InChI is InChI=1S/C18H15ClN2OS/c19-14-8-4-9-15(12-14)20-18(22)21-17(16-10-5-11-23-16)13-6-2-1-3-7-13/h1-12,17H,(H2,20,21,22)/t17-/m0/s1. The van der Waals surface area contributed by atoms with E-state index in [2.05, 4.69) is 10.6 Å². The van der Waals surface area contributed by atoms with Gasteiger partial charge in [0.25, 0.3) is 0 Å². The summed E-state index contributed by atoms with van der Waals surface area (Å²) in [5, 5.41) is 8.42. The maximum absolute atomic E-state index is 12.3. The fraction of sp³-hybridized carbons (Fsp3) is 0.0556. The summed E-state index contributed by atoms with van der Waals surface area (Å²) < 4.78 is 0. The summed E-state index contributed by atoms with van der Waals surface area (Å²) in [5.74, 6) is 0. The number of halogens is 1. The topological polar surface area (TPSA) is 41.1 Å². The Labute approximate surface area is 143 Å². The minimum Gasteiger partial charge on any atom is -0.326 e. The van der Waals surface area contributed by atoms with Gasteiger partial charge in [0.05, 0.1) is 6.04 Å². The summed E-state index contributed by atoms with van der Waals surface area (Å²) in [6.07, 6.45) is 0. The number of amides is 2. The van der Waals surface area contributed by atoms with Crippen molar-refractivity contribution in [2.24, 2.45) is 0 Å². The number of carbonyl (C=O) groups excluding carboxylic acids is 1. The van der Waals surface area contributed by atoms with Crippen LogP contribution in [0.15, 0.2) is 72.1 Å². The summed E-state index contributed by atoms with van der Waals surface area (Å²) in [7, 11) is 0. The molecule has 2 aromatic carbocycles. The maximum Gasteiger partial charge on any atom is 0.320 e. The van der Waals surface area contributed by atoms with Crippen LogP contribution in [0, 0.1) is 0 Å². The van der Waals surface area contributed by atoms with Gasteiger partial charge in [-0.05, 0) is 35.2 Å². The minimum atomic E-state index is -0.269. The summed E-state index contributed by atoms with van der Waals surface area (Å²) >= 11 is 7.55. The molecule has 3 aromatic rings. The second kappa shape index (κ2) is 7.31. The van der Waals surface area contributed by atoms with E-state index in [0.717, 1.165) is 10.4 Å². The Morgan fingerprint density at radius 1 is 1.00 bits per heavy atom. The first-order chi connectivity index (χ1) is 11.2. The average molecular weight is 343 g/mol. The molecule has 0 fully saturated rings. The summed E-state index contributed by atoms with van der Waals surface area (Å²) in [6, 6.07) is 20.5. The molecule has 2 amide bonds. The predicted octanol–water partition coefficient (Wildman–Crippen LogP) is 5.31. The van der Waals surface area contributed by atoms with Crippen LogP contribution >= 0.6 is 22.9 Å². The molecule has 1 aromatic heterocycles. The molecule has 0 saturated heterocycles. The Bertz CT molecular complexity index is 775. The normalized spacial score (nSPS) is 11.7. The molecule has 0 aliphatic rings. The number of anilines is 1. The molecule has 0 aliphatic carbocycles. The third-order valence-electron chi connectivity index (χ3n) is 3.32. The Morgan fingerprint density at radius 3 is 2.52 bits per heavy atom. The number of nitrogens with one attached hydrogen (secondary N) is 2. The van der Waals surface area contributed by atoms with Crippen molar-refractivity contribution >= 4 is 34.7 Å². The van der Waals surface area contributed by atoms with Crippen LogP contribution in [0.5, 0.6) is 0 Å². The zero-order valence-electron chi connectivity index (χ0n) is 12.2. The van der Waals surface area contributed by atoms with Crippen LogP contribution in [-0.2, 0) is 0 Å². The highest BCUT2D eigenvalue weighted by molar-refractivity contribution is 7.10. The molecule has 0 saturated carbocycles. The molecular formula is C18H15ClN2OS. The van der Waals surface area contributed by atoms with Crippen molar-refractivity contribution in [3.8, 4) is 0 Å². The lowest BCUT2D eigenvalue weighted by Crippen LogP contribution is -2.32. The average Bonchev–Trinajstić information content (AvgIpc) is 3.07. The number of carbonyl (C=O) groups is 1. The van der Waals surface area contributed by atoms with Gasteiger partial charge < -0.3 is 10.6 Å². The number of rotatable bonds is 4. The third kappa shape index (κ3) is 4.12. The molecule has 3 nitrogen and oxygen atoms in total. The second-order valence-electron chi connectivity index (χ2n) is 4.97. The molecule has 3 rings (SSSR count). The number of benzene rings is 2. The van der Waals surface area contributed by atoms with E-state index in [1.807, 2.05) is 47.8 Å². The summed E-state index contributed by atoms with van der Waals surface area (Å²) in [4.78, 5) is 13.4. The molecule has 0 radical (unpaired) electrons. The van der Waals surface area contributed by atoms with Crippen molar-refractivity contribution in [2.75, 3.05) is 5.32 Å². The van der Waals surface area contributed by atoms with Gasteiger partial charge in [-0.15, -0.1) is 11.3 Å². The van der Waals surface area contributed by atoms with Gasteiger partial charge in [-0.3, -0.25) is 0 Å². The van der Waals surface area contributed by atoms with E-state index in [1.165, 1.54) is 0 Å². The number of urea groups is 1. The number of hydrogen-bond donors (Lipinski definition) is 2. The van der Waals surface area contributed by atoms with Crippen LogP contribution in [0.4, 0.5) is 10.5 Å². The van der Waals surface area contributed by atoms with Crippen molar-refractivity contribution in [2.45, 2.75) is 6.04 Å². The minimum absolute atomic E-state index is 0.185. The van der Waals surface area contributed by atoms with Gasteiger partial charge in [0.15, 0.2) is 0 Å². The Kier molecular flexibility index (Phi) is 4.95. The summed E-state index contributed by atoms with van der Waals surface area (Å²) in [6.45, 7) is 0. The fourth-order valence-corrected chi connectivity index (χ4v) is 3.28. The SMILES string of the molecule is O=C(Nc1cccc(Cl)c1)N[C@@H](c1ccccc1)c1cccs1. The first-order valence-corrected chi connectivity index (χ1v) is 8.39. The Morgan fingerprint density at radius 2 is 1.83 bits per heavy atom. The van der Waals surface area contributed by atoms with Crippen molar-refractivity contribution in [1.82, 2.24) is 5.32 Å². The van der Waals surface area contributed by atoms with Gasteiger partial charge in [-0.2, -0.15) is 0 Å². The van der Waals surface area contributed by atoms with E-state index < -0.39 is 0 Å². The van der Waals surface area contributed by atoms with Crippen LogP contribution in [0.3, 0.4) is 0 Å². The van der Waals surface area contributed by atoms with Gasteiger partial charge in [0.1, 0.15) is 0 Å². The molecule has 0 unspecified atom stereocenters. The smallest absolute Gasteiger partial charge is 0.320 e. The fourth-order valence-electron chi connectivity index (χ4n) is 2.28. The first-order valence-electron chi connectivity index (χ1n) is 7.14. The molecule has 2 N–H and O–H groups in total. The van der Waals surface area contributed by atoms with Crippen molar-refractivity contribution < 1.29 is 4.79 Å². The quantitative estimate of drug-likeness (QED) is 0.662. The van der Waals surface area contributed by atoms with Crippen LogP contribution < -0.4 is 10.6 Å². The molecule has 23 heavy (non-hydrogen) atoms. The van der Waals surface area contributed by atoms with Gasteiger partial charge in [-0.25, -0.2) is 4.79 Å². The maximum atomic E-state index is 12.3. The molecule has 1 heterocycles. The Balaban J connectivity index is 1.77. The third-order valence-corrected chi connectivity index (χ3v) is 4.49. The van der Waals surface area contributed by atoms with Crippen LogP contribution in [0.2, 0.25) is 5.02 Å². The van der Waals surface area contributed by atoms with Gasteiger partial charge >= 0.3 is 6.03 Å². The monoisotopic (exact) mass is 342 g/mol. The van der Waals surface area contributed by atoms with E-state index in [9.17, 15) is 4.79 Å². The zero-order chi connectivity index (χ0) is 16.1. The number of hydrogen-bond acceptors (Lipinski definition) is 2. The zero-order valence-corrected chi connectivity index (χ0v) is 13.8. The lowest BCUT2D eigenvalue weighted by molar-refractivity contribution is 0.250. The highest BCUT2D eigenvalue weighted by atomic mass is 35.5. The second-order valence-corrected chi connectivity index (χ2v) is 6.38. The van der Waals surface area contributed by atoms with Gasteiger partial charge in [0, 0.05) is 15.6 Å². The van der Waals surface area contributed by atoms with E-state index in [-0.39, 0.29) is 12.1 Å². The van der Waals surface area contributed by atoms with E-state index in [4.69, 9.17) is 11.6 Å². The van der Waals surface area contributed by atoms with E-state index >= 15 is 0 Å². The molecule has 0 aliphatic heterocycles. The summed E-state index contributed by atoms with van der Waals surface area (Å²) in [5.41, 5.74) is 1.70. The Hall–Kier alpha value is -2.30. The van der Waals surface area contributed by atoms with Crippen molar-refractivity contribution in [3.63, 3.8) is 0 Å². The predicted molar refractivity (Wildman–Crippen MR) is 96.2 cm³/mol. The van der Waals surface area contributed by atoms with Crippen molar-refractivity contribution in [3.05, 3.63) is 87.6 Å². The first kappa shape index (κ1) is 15.6. The lowest BCUT2D eigenvalue weighted by Gasteiger charge is -2.18. The van der Waals surface area contributed by atoms with Gasteiger partial charge in [-0.1, -0.05) is 54.1 Å². The van der Waals surface area contributed by atoms with Gasteiger partial charge in [0.2, 0.25) is 0 Å². The van der Waals surface area contributed by atoms with Crippen LogP contribution in [0.1, 0.15) is 16.5 Å². The highest BCUT2D eigenvalue weighted by Gasteiger charge is 2.17. The lowest BCUT2D eigenvalue weighted by atomic mass is 10.1. The molecular weight excluding hydrogens is 328 g/mol. The van der Waals surface area contributed by atoms with E-state index in [1.54, 1.807) is 35.6 Å². The van der Waals surface area contributed by atoms with Crippen LogP contribution in [0.25, 0.3) is 0 Å². The molecule has 5 heteroatoms. The molecule has 0 bridgehead atoms. The van der Waals surface area contributed by atoms with Crippen LogP contribution in [-0.4, -0.2) is 6.03 Å². The molecule has 116 valence electrons. The van der Waals surface area contributed by atoms with Crippen molar-refractivity contribution in [1.29, 1.82) is 0 Å². The highest BCUT2D eigenvalue weighted by Crippen LogP contribution is 2.26. The van der Waals surface area contributed by atoms with E-state index in [0.29, 0.717) is 10.7 Å². The largest absolute Gasteiger partial charge is 0.326 e. The molecule has 1 atom stereocenters. The number of thiophene rings is 1. The molecule has 0 spiro atoms.